The molecule has 2 aliphatic heterocycles. The molecule has 6 rings (SSSR count). The predicted molar refractivity (Wildman–Crippen MR) is 203 cm³/mol. The van der Waals surface area contributed by atoms with Crippen molar-refractivity contribution in [2.45, 2.75) is 118 Å². The van der Waals surface area contributed by atoms with E-state index >= 15 is 0 Å². The fourth-order valence-electron chi connectivity index (χ4n) is 8.67. The number of allylic oxidation sites excluding steroid dienone is 1. The summed E-state index contributed by atoms with van der Waals surface area (Å²) in [4.78, 5) is 45.4. The minimum atomic E-state index is -1.07. The normalized spacial score (nSPS) is 25.5. The number of rotatable bonds is 10. The van der Waals surface area contributed by atoms with Crippen molar-refractivity contribution in [2.75, 3.05) is 6.54 Å². The molecule has 6 atom stereocenters. The van der Waals surface area contributed by atoms with Crippen LogP contribution in [-0.4, -0.2) is 61.3 Å². The summed E-state index contributed by atoms with van der Waals surface area (Å²) < 4.78 is 13.6. The van der Waals surface area contributed by atoms with Crippen molar-refractivity contribution in [1.82, 2.24) is 16.0 Å². The van der Waals surface area contributed by atoms with Crippen LogP contribution in [-0.2, 0) is 25.3 Å². The third-order valence-electron chi connectivity index (χ3n) is 11.3. The molecule has 274 valence electrons. The molecule has 4 unspecified atom stereocenters. The highest BCUT2D eigenvalue weighted by molar-refractivity contribution is 6.47. The van der Waals surface area contributed by atoms with E-state index in [9.17, 15) is 14.4 Å². The SMILES string of the molecule is CC.Cc1ccc(C(=O)NC[C@H](NC(=O)C2=CCc3ccccc3C=N2)C(=O)NC(CC(C)C)B2OC3CC4CCC(C4(C)C)[C@@](C)(C3)O2)cc1. The Bertz CT molecular complexity index is 1620. The van der Waals surface area contributed by atoms with Crippen molar-refractivity contribution in [3.63, 3.8) is 0 Å². The summed E-state index contributed by atoms with van der Waals surface area (Å²) in [5.41, 5.74) is 3.51. The zero-order valence-corrected chi connectivity index (χ0v) is 31.8. The smallest absolute Gasteiger partial charge is 0.407 e. The largest absolute Gasteiger partial charge is 0.481 e. The minimum Gasteiger partial charge on any atom is -0.407 e. The number of benzene rings is 2. The second-order valence-corrected chi connectivity index (χ2v) is 15.7. The van der Waals surface area contributed by atoms with Crippen LogP contribution < -0.4 is 16.0 Å². The maximum Gasteiger partial charge on any atom is 0.481 e. The fraction of sp³-hybridized carbons (Fsp3) is 0.561. The first-order valence-electron chi connectivity index (χ1n) is 18.9. The minimum absolute atomic E-state index is 0.0540. The topological polar surface area (TPSA) is 118 Å². The highest BCUT2D eigenvalue weighted by Crippen LogP contribution is 2.59. The molecular formula is C41H57BN4O5. The first-order chi connectivity index (χ1) is 24.3. The highest BCUT2D eigenvalue weighted by atomic mass is 16.6. The summed E-state index contributed by atoms with van der Waals surface area (Å²) in [6.07, 6.45) is 8.81. The first kappa shape index (κ1) is 38.5. The monoisotopic (exact) mass is 696 g/mol. The molecule has 51 heavy (non-hydrogen) atoms. The van der Waals surface area contributed by atoms with Gasteiger partial charge in [0.15, 0.2) is 0 Å². The van der Waals surface area contributed by atoms with Crippen molar-refractivity contribution in [3.05, 3.63) is 82.6 Å². The highest BCUT2D eigenvalue weighted by Gasteiger charge is 2.60. The van der Waals surface area contributed by atoms with Crippen LogP contribution in [0.4, 0.5) is 0 Å². The van der Waals surface area contributed by atoms with Crippen LogP contribution in [0.25, 0.3) is 0 Å². The molecule has 4 bridgehead atoms. The van der Waals surface area contributed by atoms with Gasteiger partial charge in [-0.2, -0.15) is 0 Å². The summed E-state index contributed by atoms with van der Waals surface area (Å²) in [5.74, 6) is -0.472. The summed E-state index contributed by atoms with van der Waals surface area (Å²) in [6.45, 7) is 17.0. The molecule has 0 aromatic heterocycles. The Morgan fingerprint density at radius 2 is 1.71 bits per heavy atom. The van der Waals surface area contributed by atoms with Gasteiger partial charge in [-0.15, -0.1) is 0 Å². The lowest BCUT2D eigenvalue weighted by molar-refractivity contribution is -0.128. The lowest BCUT2D eigenvalue weighted by Gasteiger charge is -2.48. The molecule has 4 aliphatic rings. The molecule has 2 aromatic rings. The van der Waals surface area contributed by atoms with Crippen LogP contribution in [0.1, 0.15) is 108 Å². The lowest BCUT2D eigenvalue weighted by Crippen LogP contribution is -2.63. The van der Waals surface area contributed by atoms with Gasteiger partial charge in [0.05, 0.1) is 11.5 Å². The van der Waals surface area contributed by atoms with Crippen LogP contribution >= 0.6 is 0 Å². The molecular weight excluding hydrogens is 639 g/mol. The molecule has 2 aromatic carbocycles. The van der Waals surface area contributed by atoms with Gasteiger partial charge in [-0.25, -0.2) is 0 Å². The van der Waals surface area contributed by atoms with Gasteiger partial charge in [-0.3, -0.25) is 19.4 Å². The molecule has 0 radical (unpaired) electrons. The van der Waals surface area contributed by atoms with Crippen LogP contribution in [0, 0.1) is 30.1 Å². The Hall–Kier alpha value is -3.76. The maximum atomic E-state index is 14.2. The van der Waals surface area contributed by atoms with Crippen LogP contribution in [0.3, 0.4) is 0 Å². The Morgan fingerprint density at radius 1 is 0.980 bits per heavy atom. The van der Waals surface area contributed by atoms with Crippen molar-refractivity contribution in [3.8, 4) is 0 Å². The van der Waals surface area contributed by atoms with Crippen molar-refractivity contribution >= 4 is 31.1 Å². The quantitative estimate of drug-likeness (QED) is 0.250. The van der Waals surface area contributed by atoms with E-state index in [1.54, 1.807) is 24.4 Å². The van der Waals surface area contributed by atoms with E-state index in [0.717, 1.165) is 36.0 Å². The van der Waals surface area contributed by atoms with E-state index in [0.29, 0.717) is 30.2 Å². The zero-order chi connectivity index (χ0) is 36.9. The summed E-state index contributed by atoms with van der Waals surface area (Å²) in [5, 5.41) is 8.95. The predicted octanol–water partition coefficient (Wildman–Crippen LogP) is 6.37. The molecule has 1 saturated heterocycles. The zero-order valence-electron chi connectivity index (χ0n) is 31.8. The van der Waals surface area contributed by atoms with Gasteiger partial charge in [0.25, 0.3) is 11.8 Å². The van der Waals surface area contributed by atoms with Gasteiger partial charge >= 0.3 is 7.12 Å². The van der Waals surface area contributed by atoms with Crippen molar-refractivity contribution in [2.24, 2.45) is 28.2 Å². The maximum absolute atomic E-state index is 14.2. The summed E-state index contributed by atoms with van der Waals surface area (Å²) in [6, 6.07) is 14.0. The molecule has 3 N–H and O–H groups in total. The number of aryl methyl sites for hydroxylation is 1. The van der Waals surface area contributed by atoms with E-state index in [1.807, 2.05) is 57.2 Å². The third-order valence-corrected chi connectivity index (χ3v) is 11.3. The molecule has 3 amide bonds. The van der Waals surface area contributed by atoms with Crippen LogP contribution in [0.2, 0.25) is 0 Å². The standard InChI is InChI=1S/C39H51BN4O5.C2H6/c1-24(2)19-34(40-48-30-20-29-16-18-33(38(29,4)5)39(6,21-30)49-40)44-37(47)32(23-42-35(45)27-13-11-25(3)12-14-27)43-36(46)31-17-15-26-9-7-8-10-28(26)22-41-31;1-2/h7-14,17,22,24,29-30,32-34H,15-16,18-21,23H2,1-6H3,(H,42,45)(H,43,46)(H,44,47);1-2H3/t29?,30?,32-,33?,34?,39+;/m0./s1. The van der Waals surface area contributed by atoms with Gasteiger partial charge in [-0.1, -0.05) is 83.5 Å². The van der Waals surface area contributed by atoms with E-state index in [1.165, 1.54) is 6.42 Å². The number of hydrogen-bond donors (Lipinski definition) is 3. The third kappa shape index (κ3) is 8.83. The van der Waals surface area contributed by atoms with Gasteiger partial charge in [0.1, 0.15) is 11.7 Å². The second-order valence-electron chi connectivity index (χ2n) is 15.7. The number of carbonyl (C=O) groups is 3. The molecule has 3 fully saturated rings. The van der Waals surface area contributed by atoms with Gasteiger partial charge in [0, 0.05) is 24.4 Å². The number of fused-ring (bicyclic) bond motifs is 6. The Balaban J connectivity index is 0.00000248. The number of carbonyl (C=O) groups excluding carboxylic acids is 3. The number of nitrogens with one attached hydrogen (secondary N) is 3. The van der Waals surface area contributed by atoms with E-state index in [-0.39, 0.29) is 41.2 Å². The summed E-state index contributed by atoms with van der Waals surface area (Å²) >= 11 is 0. The van der Waals surface area contributed by atoms with Gasteiger partial charge < -0.3 is 25.3 Å². The Morgan fingerprint density at radius 3 is 2.43 bits per heavy atom. The number of nitrogens with zero attached hydrogens (tertiary/aromatic N) is 1. The lowest BCUT2D eigenvalue weighted by atomic mass is 9.66. The molecule has 0 spiro atoms. The number of aliphatic imine (C=N–C) groups is 1. The average Bonchev–Trinajstić information content (AvgIpc) is 3.22. The molecule has 2 heterocycles. The fourth-order valence-corrected chi connectivity index (χ4v) is 8.67. The van der Waals surface area contributed by atoms with Crippen molar-refractivity contribution in [1.29, 1.82) is 0 Å². The van der Waals surface area contributed by atoms with Gasteiger partial charge in [-0.05, 0) is 105 Å². The van der Waals surface area contributed by atoms with Crippen LogP contribution in [0.5, 0.6) is 0 Å². The molecule has 10 heteroatoms. The first-order valence-corrected chi connectivity index (χ1v) is 18.9. The van der Waals surface area contributed by atoms with E-state index < -0.39 is 30.9 Å². The number of amides is 3. The Labute approximate surface area is 305 Å². The Kier molecular flexibility index (Phi) is 12.3. The number of hydrogen-bond acceptors (Lipinski definition) is 6. The van der Waals surface area contributed by atoms with E-state index in [4.69, 9.17) is 9.31 Å². The summed E-state index contributed by atoms with van der Waals surface area (Å²) in [7, 11) is -0.628. The van der Waals surface area contributed by atoms with Crippen LogP contribution in [0.15, 0.2) is 65.3 Å². The van der Waals surface area contributed by atoms with Gasteiger partial charge in [0.2, 0.25) is 5.91 Å². The van der Waals surface area contributed by atoms with E-state index in [2.05, 4.69) is 55.6 Å². The molecule has 2 aliphatic carbocycles. The van der Waals surface area contributed by atoms with Crippen molar-refractivity contribution < 1.29 is 23.7 Å². The second kappa shape index (κ2) is 16.3. The molecule has 2 saturated carbocycles. The molecule has 9 nitrogen and oxygen atoms in total. The average molecular weight is 697 g/mol.